The van der Waals surface area contributed by atoms with Crippen molar-refractivity contribution in [3.05, 3.63) is 330 Å². The van der Waals surface area contributed by atoms with Gasteiger partial charge >= 0.3 is 13.1 Å². The van der Waals surface area contributed by atoms with Gasteiger partial charge in [0.1, 0.15) is 76.2 Å². The maximum absolute atomic E-state index is 15.0. The molecular formula is C101H92BrF15N18O10. The molecule has 2 aliphatic rings. The summed E-state index contributed by atoms with van der Waals surface area (Å²) < 4.78 is 218. The quantitative estimate of drug-likeness (QED) is 0.0194. The number of pyridine rings is 2. The standard InChI is InChI=1S/2C26H21F6N5O2.C25H26F2N4O3.C24H24BrFN4O3/c1-12-20(10-37(36-12)26(31)32)16-7-19(24(33)34-9-16)13-2-3-18(21(28)8-13)25(39)35-22(11-38)14-4-15(23(29)30)6-17(27)5-14;1-12-20(10-35-37(12)26(31)32)16-7-19(24(33)34-9-16)13-2-3-18(21(28)8-13)25(39)36-22(11-38)14-4-15(23(29)30)6-17(27)5-14;26-12-15-2-1-3-17(10-15)22(14-32)31-25(33)19-5-4-18(11-20(19)27)23-24(28)29-13-21(30-23)16-6-8-34-9-7-16;25-17-3-1-2-15(10-17)21(13-31)30-24(32)18-5-4-16(11-19(18)26)22-23(27)28-12-20(29-22)14-6-8-33-9-7-14/h2-10,22-23,26,38H,11H2,1H3,(H2,33,34)(H,35,39);2-10,22-23,26,38H,11H2,1H3,(H2,33,34)(H,36,39);1-5,10-11,13,16,22,32H,6-9,12,14H2,(H2,28,29)(H,31,33);1-5,10-12,14,21,31H,6-9,13H2,(H2,27,28)(H,30,32)/t3*22-;21-/m1111/s1. The third-order valence-corrected chi connectivity index (χ3v) is 24.1. The monoisotopic (exact) mass is 2080 g/mol. The zero-order valence-electron chi connectivity index (χ0n) is 76.7. The van der Waals surface area contributed by atoms with Crippen molar-refractivity contribution in [3.8, 4) is 67.0 Å². The molecule has 16 rings (SSSR count). The van der Waals surface area contributed by atoms with E-state index in [-0.39, 0.29) is 91.9 Å². The largest absolute Gasteiger partial charge is 0.394 e. The van der Waals surface area contributed by atoms with E-state index in [4.69, 9.17) is 32.4 Å². The number of nitrogens with two attached hydrogens (primary N) is 4. The number of nitrogen functional groups attached to an aromatic ring is 4. The lowest BCUT2D eigenvalue weighted by molar-refractivity contribution is 0.0543. The molecule has 4 amide bonds. The van der Waals surface area contributed by atoms with Crippen molar-refractivity contribution >= 4 is 62.8 Å². The summed E-state index contributed by atoms with van der Waals surface area (Å²) in [6, 6.07) is 32.8. The van der Waals surface area contributed by atoms with Gasteiger partial charge in [0.25, 0.3) is 36.5 Å². The van der Waals surface area contributed by atoms with Crippen LogP contribution < -0.4 is 44.2 Å². The molecule has 44 heteroatoms. The Bertz CT molecular complexity index is 6830. The third kappa shape index (κ3) is 26.5. The van der Waals surface area contributed by atoms with Gasteiger partial charge in [0.15, 0.2) is 0 Å². The first-order valence-corrected chi connectivity index (χ1v) is 45.3. The van der Waals surface area contributed by atoms with Crippen molar-refractivity contribution in [1.82, 2.24) is 70.7 Å². The highest BCUT2D eigenvalue weighted by atomic mass is 79.9. The van der Waals surface area contributed by atoms with E-state index in [1.807, 2.05) is 6.07 Å². The predicted molar refractivity (Wildman–Crippen MR) is 509 cm³/mol. The molecule has 145 heavy (non-hydrogen) atoms. The fraction of sp³-hybridized carbons (Fsp3) is 0.248. The molecule has 8 heterocycles. The number of carbonyl (C=O) groups excluding carboxylic acids is 4. The second kappa shape index (κ2) is 48.8. The molecule has 14 aromatic rings. The number of amides is 4. The Morgan fingerprint density at radius 2 is 0.786 bits per heavy atom. The number of halogens is 16. The van der Waals surface area contributed by atoms with Gasteiger partial charge in [0, 0.05) is 123 Å². The minimum Gasteiger partial charge on any atom is -0.394 e. The number of hydrogen-bond acceptors (Lipinski definition) is 22. The second-order valence-corrected chi connectivity index (χ2v) is 34.1. The van der Waals surface area contributed by atoms with Crippen molar-refractivity contribution < 1.29 is 115 Å². The number of alkyl halides is 9. The van der Waals surface area contributed by atoms with Crippen LogP contribution in [0.1, 0.15) is 191 Å². The number of hydrogen-bond donors (Lipinski definition) is 12. The second-order valence-electron chi connectivity index (χ2n) is 33.2. The Kier molecular flexibility index (Phi) is 36.1. The molecule has 6 aromatic heterocycles. The van der Waals surface area contributed by atoms with E-state index in [1.165, 1.54) is 81.0 Å². The normalized spacial score (nSPS) is 13.6. The number of aliphatic hydroxyl groups excluding tert-OH is 4. The summed E-state index contributed by atoms with van der Waals surface area (Å²) in [5.41, 5.74) is 29.0. The van der Waals surface area contributed by atoms with Crippen molar-refractivity contribution in [3.63, 3.8) is 0 Å². The smallest absolute Gasteiger partial charge is 0.333 e. The van der Waals surface area contributed by atoms with Gasteiger partial charge in [-0.15, -0.1) is 0 Å². The van der Waals surface area contributed by atoms with Gasteiger partial charge < -0.3 is 74.1 Å². The molecule has 2 fully saturated rings. The van der Waals surface area contributed by atoms with E-state index < -0.39 is 157 Å². The third-order valence-electron chi connectivity index (χ3n) is 23.7. The molecule has 0 bridgehead atoms. The minimum atomic E-state index is -2.98. The van der Waals surface area contributed by atoms with Gasteiger partial charge in [0.05, 0.1) is 109 Å². The highest BCUT2D eigenvalue weighted by Crippen LogP contribution is 2.40. The summed E-state index contributed by atoms with van der Waals surface area (Å²) in [6.45, 7) is -3.02. The average molecular weight is 2080 g/mol. The minimum absolute atomic E-state index is 0.00976. The van der Waals surface area contributed by atoms with Crippen molar-refractivity contribution in [2.24, 2.45) is 0 Å². The molecule has 0 radical (unpaired) electrons. The molecule has 0 unspecified atom stereocenters. The first-order valence-electron chi connectivity index (χ1n) is 44.5. The summed E-state index contributed by atoms with van der Waals surface area (Å²) >= 11 is 3.37. The maximum atomic E-state index is 15.0. The zero-order chi connectivity index (χ0) is 104. The van der Waals surface area contributed by atoms with Crippen molar-refractivity contribution in [2.45, 2.75) is 108 Å². The first-order chi connectivity index (χ1) is 69.4. The summed E-state index contributed by atoms with van der Waals surface area (Å²) in [4.78, 5) is 76.8. The highest BCUT2D eigenvalue weighted by molar-refractivity contribution is 9.10. The SMILES string of the molecule is Cc1c(-c2cnc(N)c(-c3ccc(C(=O)N[C@H](CO)c4cc(F)cc(C(F)F)c4)c(F)c3)c2)cnn1C(F)F.Cc1nn(C(F)F)cc1-c1cnc(N)c(-c2ccc(C(=O)N[C@H](CO)c3cc(F)cc(C(F)F)c3)c(F)c2)c1.Nc1ncc(C2CCOCC2)nc1-c1ccc(C(=O)N[C@H](CO)c2cccc(Br)c2)c(F)c1.Nc1ncc(C2CCOCC2)nc1-c1ccc(C(=O)N[C@H](CO)c2cccc(CF)c2)c(F)c1. The fourth-order valence-corrected chi connectivity index (χ4v) is 16.4. The lowest BCUT2D eigenvalue weighted by Crippen LogP contribution is -2.31. The molecule has 0 saturated carbocycles. The number of anilines is 4. The number of benzene rings is 8. The van der Waals surface area contributed by atoms with Crippen LogP contribution in [0.15, 0.2) is 212 Å². The Hall–Kier alpha value is -15.1. The van der Waals surface area contributed by atoms with Crippen LogP contribution in [0.2, 0.25) is 0 Å². The lowest BCUT2D eigenvalue weighted by Gasteiger charge is -2.22. The van der Waals surface area contributed by atoms with Crippen LogP contribution in [0.5, 0.6) is 0 Å². The molecule has 28 nitrogen and oxygen atoms in total. The van der Waals surface area contributed by atoms with E-state index in [0.29, 0.717) is 115 Å². The van der Waals surface area contributed by atoms with Crippen LogP contribution in [0.3, 0.4) is 0 Å². The van der Waals surface area contributed by atoms with E-state index in [0.717, 1.165) is 96.3 Å². The topological polar surface area (TPSA) is 433 Å². The number of ether oxygens (including phenoxy) is 2. The van der Waals surface area contributed by atoms with Crippen LogP contribution in [0, 0.1) is 48.8 Å². The number of nitrogens with one attached hydrogen (secondary N) is 4. The van der Waals surface area contributed by atoms with Gasteiger partial charge in [-0.2, -0.15) is 27.8 Å². The first kappa shape index (κ1) is 107. The number of aryl methyl sites for hydroxylation is 1. The highest BCUT2D eigenvalue weighted by Gasteiger charge is 2.31. The molecule has 4 atom stereocenters. The number of rotatable bonds is 29. The molecule has 16 N–H and O–H groups in total. The number of nitrogens with zero attached hydrogens (tertiary/aromatic N) is 10. The number of carbonyl (C=O) groups is 4. The van der Waals surface area contributed by atoms with Crippen LogP contribution in [-0.2, 0) is 16.1 Å². The predicted octanol–water partition coefficient (Wildman–Crippen LogP) is 18.8. The molecule has 758 valence electrons. The summed E-state index contributed by atoms with van der Waals surface area (Å²) in [5.74, 6) is -7.95. The van der Waals surface area contributed by atoms with Gasteiger partial charge in [-0.1, -0.05) is 76.6 Å². The van der Waals surface area contributed by atoms with Gasteiger partial charge in [-0.05, 0) is 188 Å². The molecule has 2 aliphatic heterocycles. The summed E-state index contributed by atoms with van der Waals surface area (Å²) in [6.07, 6.45) is 5.77. The summed E-state index contributed by atoms with van der Waals surface area (Å²) in [5, 5.41) is 56.1. The van der Waals surface area contributed by atoms with Gasteiger partial charge in [0.2, 0.25) is 0 Å². The van der Waals surface area contributed by atoms with Crippen LogP contribution in [0.25, 0.3) is 67.0 Å². The van der Waals surface area contributed by atoms with Gasteiger partial charge in [-0.3, -0.25) is 19.2 Å². The Morgan fingerprint density at radius 1 is 0.414 bits per heavy atom. The lowest BCUT2D eigenvalue weighted by atomic mass is 9.96. The summed E-state index contributed by atoms with van der Waals surface area (Å²) in [7, 11) is 0. The van der Waals surface area contributed by atoms with Crippen molar-refractivity contribution in [2.75, 3.05) is 75.8 Å². The van der Waals surface area contributed by atoms with Crippen LogP contribution in [0.4, 0.5) is 89.1 Å². The van der Waals surface area contributed by atoms with Crippen LogP contribution >= 0.6 is 15.9 Å². The van der Waals surface area contributed by atoms with Crippen LogP contribution in [-0.4, -0.2) is 146 Å². The fourth-order valence-electron chi connectivity index (χ4n) is 16.0. The molecule has 8 aromatic carbocycles. The molecular weight excluding hydrogens is 1990 g/mol. The van der Waals surface area contributed by atoms with E-state index in [1.54, 1.807) is 67.0 Å². The molecule has 0 spiro atoms. The Balaban J connectivity index is 0.000000162. The van der Waals surface area contributed by atoms with E-state index >= 15 is 8.78 Å². The molecule has 2 saturated heterocycles. The number of aliphatic hydroxyl groups is 4. The Morgan fingerprint density at radius 3 is 1.15 bits per heavy atom. The Labute approximate surface area is 825 Å². The van der Waals surface area contributed by atoms with E-state index in [2.05, 4.69) is 77.3 Å². The van der Waals surface area contributed by atoms with E-state index in [9.17, 15) is 96.7 Å². The zero-order valence-corrected chi connectivity index (χ0v) is 78.2. The number of aromatic nitrogens is 10. The van der Waals surface area contributed by atoms with Gasteiger partial charge in [-0.25, -0.2) is 87.6 Å². The average Bonchev–Trinajstić information content (AvgIpc) is 1.78. The van der Waals surface area contributed by atoms with Crippen molar-refractivity contribution in [1.29, 1.82) is 0 Å². The molecule has 0 aliphatic carbocycles. The maximum Gasteiger partial charge on any atom is 0.333 e.